The number of aromatic nitrogens is 2. The highest BCUT2D eigenvalue weighted by Gasteiger charge is 2.20. The molecule has 1 aromatic rings. The molecule has 0 aromatic carbocycles. The second-order valence-corrected chi connectivity index (χ2v) is 4.93. The van der Waals surface area contributed by atoms with Crippen LogP contribution in [0.15, 0.2) is 19.0 Å². The minimum atomic E-state index is 0.879. The van der Waals surface area contributed by atoms with Crippen LogP contribution in [0, 0.1) is 11.8 Å². The molecule has 0 radical (unpaired) electrons. The predicted molar refractivity (Wildman–Crippen MR) is 66.8 cm³/mol. The average Bonchev–Trinajstić information content (AvgIpc) is 2.88. The first-order valence-electron chi connectivity index (χ1n) is 6.14. The number of hydrogen-bond donors (Lipinski definition) is 1. The molecular formula is C13H21N3. The molecule has 1 aliphatic rings. The van der Waals surface area contributed by atoms with Crippen LogP contribution in [-0.4, -0.2) is 16.3 Å². The van der Waals surface area contributed by atoms with Crippen molar-refractivity contribution in [1.82, 2.24) is 15.1 Å². The topological polar surface area (TPSA) is 29.9 Å². The first kappa shape index (κ1) is 11.4. The molecule has 1 saturated carbocycles. The molecule has 0 amide bonds. The van der Waals surface area contributed by atoms with E-state index in [1.807, 2.05) is 12.4 Å². The average molecular weight is 219 g/mol. The molecule has 0 aliphatic heterocycles. The quantitative estimate of drug-likeness (QED) is 0.824. The molecule has 1 aliphatic carbocycles. The van der Waals surface area contributed by atoms with Crippen molar-refractivity contribution in [2.24, 2.45) is 11.8 Å². The highest BCUT2D eigenvalue weighted by molar-refractivity contribution is 5.17. The SMILES string of the molecule is C=Cn1cc(CNCC2CCC(C)C2)cn1. The van der Waals surface area contributed by atoms with Crippen molar-refractivity contribution in [3.8, 4) is 0 Å². The summed E-state index contributed by atoms with van der Waals surface area (Å²) >= 11 is 0. The van der Waals surface area contributed by atoms with Gasteiger partial charge in [-0.15, -0.1) is 0 Å². The van der Waals surface area contributed by atoms with Crippen molar-refractivity contribution in [3.05, 3.63) is 24.5 Å². The summed E-state index contributed by atoms with van der Waals surface area (Å²) in [7, 11) is 0. The number of rotatable bonds is 5. The number of nitrogens with zero attached hydrogens (tertiary/aromatic N) is 2. The molecule has 2 rings (SSSR count). The first-order valence-corrected chi connectivity index (χ1v) is 6.14. The maximum Gasteiger partial charge on any atom is 0.0538 e. The van der Waals surface area contributed by atoms with Crippen LogP contribution in [0.3, 0.4) is 0 Å². The van der Waals surface area contributed by atoms with E-state index in [4.69, 9.17) is 0 Å². The van der Waals surface area contributed by atoms with Gasteiger partial charge in [-0.3, -0.25) is 0 Å². The van der Waals surface area contributed by atoms with Gasteiger partial charge < -0.3 is 5.32 Å². The maximum absolute atomic E-state index is 4.16. The van der Waals surface area contributed by atoms with Gasteiger partial charge in [0.2, 0.25) is 0 Å². The van der Waals surface area contributed by atoms with Crippen LogP contribution in [0.1, 0.15) is 31.7 Å². The largest absolute Gasteiger partial charge is 0.312 e. The third-order valence-electron chi connectivity index (χ3n) is 3.41. The van der Waals surface area contributed by atoms with Crippen LogP contribution >= 0.6 is 0 Å². The van der Waals surface area contributed by atoms with E-state index < -0.39 is 0 Å². The Bertz CT molecular complexity index is 343. The zero-order valence-corrected chi connectivity index (χ0v) is 10.0. The Morgan fingerprint density at radius 2 is 2.50 bits per heavy atom. The molecule has 0 saturated heterocycles. The minimum Gasteiger partial charge on any atom is -0.312 e. The van der Waals surface area contributed by atoms with E-state index in [2.05, 4.69) is 23.9 Å². The van der Waals surface area contributed by atoms with Gasteiger partial charge in [-0.05, 0) is 31.2 Å². The van der Waals surface area contributed by atoms with Crippen molar-refractivity contribution in [3.63, 3.8) is 0 Å². The smallest absolute Gasteiger partial charge is 0.0538 e. The highest BCUT2D eigenvalue weighted by atomic mass is 15.2. The van der Waals surface area contributed by atoms with E-state index in [0.717, 1.165) is 24.9 Å². The van der Waals surface area contributed by atoms with Crippen LogP contribution in [0.4, 0.5) is 0 Å². The lowest BCUT2D eigenvalue weighted by Crippen LogP contribution is -2.20. The summed E-state index contributed by atoms with van der Waals surface area (Å²) < 4.78 is 1.74. The van der Waals surface area contributed by atoms with E-state index in [0.29, 0.717) is 0 Å². The Balaban J connectivity index is 1.69. The molecule has 1 heterocycles. The molecule has 88 valence electrons. The monoisotopic (exact) mass is 219 g/mol. The van der Waals surface area contributed by atoms with Gasteiger partial charge in [0.05, 0.1) is 6.20 Å². The molecule has 1 aromatic heterocycles. The molecule has 0 bridgehead atoms. The zero-order valence-electron chi connectivity index (χ0n) is 10.0. The van der Waals surface area contributed by atoms with Gasteiger partial charge >= 0.3 is 0 Å². The van der Waals surface area contributed by atoms with E-state index in [1.54, 1.807) is 10.9 Å². The molecule has 1 N–H and O–H groups in total. The van der Waals surface area contributed by atoms with Crippen molar-refractivity contribution in [2.45, 2.75) is 32.7 Å². The second kappa shape index (κ2) is 5.30. The first-order chi connectivity index (χ1) is 7.78. The predicted octanol–water partition coefficient (Wildman–Crippen LogP) is 2.51. The Morgan fingerprint density at radius 1 is 1.62 bits per heavy atom. The Morgan fingerprint density at radius 3 is 3.12 bits per heavy atom. The third-order valence-corrected chi connectivity index (χ3v) is 3.41. The van der Waals surface area contributed by atoms with Crippen LogP contribution in [0.5, 0.6) is 0 Å². The maximum atomic E-state index is 4.16. The van der Waals surface area contributed by atoms with Gasteiger partial charge in [0, 0.05) is 24.5 Å². The summed E-state index contributed by atoms with van der Waals surface area (Å²) in [6.07, 6.45) is 9.80. The second-order valence-electron chi connectivity index (χ2n) is 4.93. The van der Waals surface area contributed by atoms with Crippen molar-refractivity contribution < 1.29 is 0 Å². The van der Waals surface area contributed by atoms with Gasteiger partial charge in [0.1, 0.15) is 0 Å². The summed E-state index contributed by atoms with van der Waals surface area (Å²) in [5.41, 5.74) is 1.23. The molecular weight excluding hydrogens is 198 g/mol. The molecule has 2 unspecified atom stereocenters. The molecule has 2 atom stereocenters. The summed E-state index contributed by atoms with van der Waals surface area (Å²) in [6.45, 7) is 8.09. The van der Waals surface area contributed by atoms with Gasteiger partial charge in [-0.25, -0.2) is 4.68 Å². The standard InChI is InChI=1S/C13H21N3/c1-3-16-10-13(9-15-16)8-14-7-12-5-4-11(2)6-12/h3,9-12,14H,1,4-8H2,2H3. The molecule has 16 heavy (non-hydrogen) atoms. The molecule has 0 spiro atoms. The fraction of sp³-hybridized carbons (Fsp3) is 0.615. The van der Waals surface area contributed by atoms with Gasteiger partial charge in [0.25, 0.3) is 0 Å². The van der Waals surface area contributed by atoms with E-state index in [1.165, 1.54) is 24.8 Å². The van der Waals surface area contributed by atoms with Gasteiger partial charge in [-0.1, -0.05) is 19.9 Å². The molecule has 1 fully saturated rings. The summed E-state index contributed by atoms with van der Waals surface area (Å²) in [4.78, 5) is 0. The van der Waals surface area contributed by atoms with Crippen LogP contribution in [-0.2, 0) is 6.54 Å². The Hall–Kier alpha value is -1.09. The Kier molecular flexibility index (Phi) is 3.78. The molecule has 3 nitrogen and oxygen atoms in total. The van der Waals surface area contributed by atoms with Crippen LogP contribution < -0.4 is 5.32 Å². The lowest BCUT2D eigenvalue weighted by molar-refractivity contribution is 0.470. The van der Waals surface area contributed by atoms with Crippen molar-refractivity contribution in [2.75, 3.05) is 6.54 Å². The van der Waals surface area contributed by atoms with E-state index >= 15 is 0 Å². The van der Waals surface area contributed by atoms with Gasteiger partial charge in [0.15, 0.2) is 0 Å². The fourth-order valence-corrected chi connectivity index (χ4v) is 2.50. The lowest BCUT2D eigenvalue weighted by Gasteiger charge is -2.09. The highest BCUT2D eigenvalue weighted by Crippen LogP contribution is 2.29. The van der Waals surface area contributed by atoms with E-state index in [9.17, 15) is 0 Å². The summed E-state index contributed by atoms with van der Waals surface area (Å²) in [6, 6.07) is 0. The van der Waals surface area contributed by atoms with Crippen LogP contribution in [0.25, 0.3) is 6.20 Å². The Labute approximate surface area is 97.5 Å². The molecule has 3 heteroatoms. The van der Waals surface area contributed by atoms with E-state index in [-0.39, 0.29) is 0 Å². The normalized spacial score (nSPS) is 24.8. The van der Waals surface area contributed by atoms with Gasteiger partial charge in [-0.2, -0.15) is 5.10 Å². The zero-order chi connectivity index (χ0) is 11.4. The summed E-state index contributed by atoms with van der Waals surface area (Å²) in [5.74, 6) is 1.81. The van der Waals surface area contributed by atoms with Crippen LogP contribution in [0.2, 0.25) is 0 Å². The van der Waals surface area contributed by atoms with Crippen molar-refractivity contribution in [1.29, 1.82) is 0 Å². The number of nitrogens with one attached hydrogen (secondary N) is 1. The summed E-state index contributed by atoms with van der Waals surface area (Å²) in [5, 5.41) is 7.67. The lowest BCUT2D eigenvalue weighted by atomic mass is 10.1. The third kappa shape index (κ3) is 2.95. The number of hydrogen-bond acceptors (Lipinski definition) is 2. The van der Waals surface area contributed by atoms with Crippen molar-refractivity contribution >= 4 is 6.20 Å². The fourth-order valence-electron chi connectivity index (χ4n) is 2.50. The minimum absolute atomic E-state index is 0.879.